The second-order valence-corrected chi connectivity index (χ2v) is 7.55. The number of aliphatic hydroxyl groups is 1. The fraction of sp³-hybridized carbons (Fsp3) is 0.476. The van der Waals surface area contributed by atoms with Crippen LogP contribution in [0.3, 0.4) is 0 Å². The van der Waals surface area contributed by atoms with Crippen molar-refractivity contribution in [1.29, 1.82) is 0 Å². The Morgan fingerprint density at radius 3 is 2.62 bits per heavy atom. The molecule has 2 aromatic rings. The molecule has 5 heteroatoms. The molecule has 0 bridgehead atoms. The molecule has 3 unspecified atom stereocenters. The Labute approximate surface area is 151 Å². The molecule has 0 radical (unpaired) electrons. The predicted molar refractivity (Wildman–Crippen MR) is 92.8 cm³/mol. The Bertz CT molecular complexity index is 800. The minimum atomic E-state index is -4.42. The maximum Gasteiger partial charge on any atom is 0.416 e. The molecule has 1 saturated carbocycles. The zero-order valence-corrected chi connectivity index (χ0v) is 14.5. The first kappa shape index (κ1) is 17.5. The van der Waals surface area contributed by atoms with Crippen LogP contribution in [0, 0.1) is 5.92 Å². The van der Waals surface area contributed by atoms with Crippen LogP contribution in [-0.4, -0.2) is 16.7 Å². The Balaban J connectivity index is 1.78. The lowest BCUT2D eigenvalue weighted by atomic mass is 9.51. The highest BCUT2D eigenvalue weighted by atomic mass is 19.4. The number of aryl methyl sites for hydroxylation is 1. The lowest BCUT2D eigenvalue weighted by molar-refractivity contribution is -0.140. The van der Waals surface area contributed by atoms with Crippen LogP contribution in [0.25, 0.3) is 0 Å². The van der Waals surface area contributed by atoms with Crippen LogP contribution in [0.15, 0.2) is 42.6 Å². The van der Waals surface area contributed by atoms with Gasteiger partial charge in [-0.05, 0) is 61.3 Å². The largest absolute Gasteiger partial charge is 0.416 e. The van der Waals surface area contributed by atoms with Crippen LogP contribution >= 0.6 is 0 Å². The van der Waals surface area contributed by atoms with Gasteiger partial charge in [0.25, 0.3) is 0 Å². The lowest BCUT2D eigenvalue weighted by Gasteiger charge is -2.54. The number of benzene rings is 1. The van der Waals surface area contributed by atoms with Gasteiger partial charge in [-0.1, -0.05) is 24.3 Å². The number of halogens is 3. The molecule has 1 fully saturated rings. The summed E-state index contributed by atoms with van der Waals surface area (Å²) in [5, 5.41) is 10.2. The van der Waals surface area contributed by atoms with Gasteiger partial charge in [-0.2, -0.15) is 13.2 Å². The fourth-order valence-electron chi connectivity index (χ4n) is 5.06. The summed E-state index contributed by atoms with van der Waals surface area (Å²) in [6, 6.07) is 9.73. The molecule has 26 heavy (non-hydrogen) atoms. The van der Waals surface area contributed by atoms with Crippen molar-refractivity contribution < 1.29 is 18.3 Å². The van der Waals surface area contributed by atoms with Gasteiger partial charge in [0, 0.05) is 23.2 Å². The van der Waals surface area contributed by atoms with Crippen molar-refractivity contribution >= 4 is 0 Å². The third-order valence-corrected chi connectivity index (χ3v) is 6.39. The molecule has 0 spiro atoms. The van der Waals surface area contributed by atoms with Crippen molar-refractivity contribution in [2.75, 3.05) is 6.61 Å². The molecule has 3 atom stereocenters. The summed E-state index contributed by atoms with van der Waals surface area (Å²) in [5.41, 5.74) is 1.02. The highest BCUT2D eigenvalue weighted by Gasteiger charge is 2.54. The van der Waals surface area contributed by atoms with Crippen molar-refractivity contribution in [3.05, 3.63) is 65.0 Å². The van der Waals surface area contributed by atoms with Gasteiger partial charge in [0.15, 0.2) is 0 Å². The second-order valence-electron chi connectivity index (χ2n) is 7.55. The number of alkyl halides is 3. The van der Waals surface area contributed by atoms with Crippen LogP contribution in [-0.2, 0) is 18.0 Å². The quantitative estimate of drug-likeness (QED) is 0.847. The number of hydrogen-bond acceptors (Lipinski definition) is 2. The van der Waals surface area contributed by atoms with E-state index in [1.54, 1.807) is 18.3 Å². The van der Waals surface area contributed by atoms with Crippen LogP contribution in [0.2, 0.25) is 0 Å². The van der Waals surface area contributed by atoms with E-state index in [1.165, 1.54) is 11.6 Å². The number of aliphatic hydroxyl groups excluding tert-OH is 1. The highest BCUT2D eigenvalue weighted by molar-refractivity contribution is 5.41. The first-order chi connectivity index (χ1) is 12.5. The molecule has 0 amide bonds. The van der Waals surface area contributed by atoms with E-state index in [4.69, 9.17) is 0 Å². The van der Waals surface area contributed by atoms with Crippen molar-refractivity contribution in [2.45, 2.75) is 49.6 Å². The van der Waals surface area contributed by atoms with Gasteiger partial charge in [0.05, 0.1) is 12.2 Å². The molecular weight excluding hydrogens is 339 g/mol. The summed E-state index contributed by atoms with van der Waals surface area (Å²) in [6.45, 7) is -0.260. The molecular formula is C21H22F3NO. The molecule has 4 rings (SSSR count). The maximum absolute atomic E-state index is 13.6. The molecule has 1 aromatic heterocycles. The summed E-state index contributed by atoms with van der Waals surface area (Å²) in [7, 11) is 0. The van der Waals surface area contributed by atoms with Gasteiger partial charge in [-0.3, -0.25) is 4.98 Å². The van der Waals surface area contributed by atoms with Gasteiger partial charge in [-0.15, -0.1) is 0 Å². The first-order valence-corrected chi connectivity index (χ1v) is 9.19. The average molecular weight is 361 g/mol. The maximum atomic E-state index is 13.6. The van der Waals surface area contributed by atoms with Crippen LogP contribution in [0.4, 0.5) is 13.2 Å². The Hall–Kier alpha value is -1.88. The van der Waals surface area contributed by atoms with Gasteiger partial charge in [0.2, 0.25) is 0 Å². The third kappa shape index (κ3) is 2.64. The van der Waals surface area contributed by atoms with Gasteiger partial charge < -0.3 is 5.11 Å². The zero-order valence-electron chi connectivity index (χ0n) is 14.5. The normalized spacial score (nSPS) is 28.3. The van der Waals surface area contributed by atoms with E-state index in [0.29, 0.717) is 6.42 Å². The number of nitrogens with zero attached hydrogens (tertiary/aromatic N) is 1. The van der Waals surface area contributed by atoms with Crippen molar-refractivity contribution in [1.82, 2.24) is 4.98 Å². The molecule has 138 valence electrons. The number of pyridine rings is 1. The van der Waals surface area contributed by atoms with E-state index in [2.05, 4.69) is 11.1 Å². The molecule has 0 aliphatic heterocycles. The number of fused-ring (bicyclic) bond motifs is 1. The Kier molecular flexibility index (Phi) is 4.30. The summed E-state index contributed by atoms with van der Waals surface area (Å²) in [5.74, 6) is 0.104. The second kappa shape index (κ2) is 6.38. The van der Waals surface area contributed by atoms with E-state index in [1.807, 2.05) is 6.07 Å². The minimum Gasteiger partial charge on any atom is -0.395 e. The summed E-state index contributed by atoms with van der Waals surface area (Å²) in [6.07, 6.45) is 1.67. The Morgan fingerprint density at radius 1 is 1.12 bits per heavy atom. The molecule has 1 heterocycles. The minimum absolute atomic E-state index is 0.00931. The average Bonchev–Trinajstić information content (AvgIpc) is 2.62. The van der Waals surface area contributed by atoms with E-state index in [0.717, 1.165) is 37.4 Å². The van der Waals surface area contributed by atoms with Gasteiger partial charge >= 0.3 is 6.18 Å². The topological polar surface area (TPSA) is 33.1 Å². The van der Waals surface area contributed by atoms with Gasteiger partial charge in [0.1, 0.15) is 0 Å². The molecule has 2 nitrogen and oxygen atoms in total. The lowest BCUT2D eigenvalue weighted by Crippen LogP contribution is -2.51. The number of hydrogen-bond donors (Lipinski definition) is 1. The standard InChI is InChI=1S/C21H22F3NO/c22-21(23,24)18-9-2-1-8-17(18)20(13-26)11-10-16(20)15-7-3-5-14-6-4-12-25-19(14)15/h1-2,4,6,8-9,12,15-16,26H,3,5,7,10-11,13H2. The van der Waals surface area contributed by atoms with Crippen LogP contribution < -0.4 is 0 Å². The highest BCUT2D eigenvalue weighted by Crippen LogP contribution is 2.58. The molecule has 2 aliphatic carbocycles. The summed E-state index contributed by atoms with van der Waals surface area (Å²) < 4.78 is 40.8. The molecule has 2 aliphatic rings. The predicted octanol–water partition coefficient (Wildman–Crippen LogP) is 4.86. The van der Waals surface area contributed by atoms with Crippen LogP contribution in [0.5, 0.6) is 0 Å². The number of rotatable bonds is 3. The first-order valence-electron chi connectivity index (χ1n) is 9.19. The summed E-state index contributed by atoms with van der Waals surface area (Å²) in [4.78, 5) is 4.56. The monoisotopic (exact) mass is 361 g/mol. The van der Waals surface area contributed by atoms with E-state index in [9.17, 15) is 18.3 Å². The van der Waals surface area contributed by atoms with Crippen LogP contribution in [0.1, 0.15) is 54.0 Å². The molecule has 0 saturated heterocycles. The van der Waals surface area contributed by atoms with Gasteiger partial charge in [-0.25, -0.2) is 0 Å². The van der Waals surface area contributed by atoms with E-state index in [-0.39, 0.29) is 24.0 Å². The van der Waals surface area contributed by atoms with Crippen molar-refractivity contribution in [3.8, 4) is 0 Å². The molecule has 1 aromatic carbocycles. The zero-order chi connectivity index (χ0) is 18.4. The third-order valence-electron chi connectivity index (χ3n) is 6.39. The Morgan fingerprint density at radius 2 is 1.92 bits per heavy atom. The smallest absolute Gasteiger partial charge is 0.395 e. The van der Waals surface area contributed by atoms with E-state index >= 15 is 0 Å². The summed E-state index contributed by atoms with van der Waals surface area (Å²) >= 11 is 0. The van der Waals surface area contributed by atoms with Crippen molar-refractivity contribution in [3.63, 3.8) is 0 Å². The molecule has 1 N–H and O–H groups in total. The number of aromatic nitrogens is 1. The fourth-order valence-corrected chi connectivity index (χ4v) is 5.06. The van der Waals surface area contributed by atoms with Crippen molar-refractivity contribution in [2.24, 2.45) is 5.92 Å². The SMILES string of the molecule is OCC1(c2ccccc2C(F)(F)F)CCC1C1CCCc2cccnc21. The van der Waals surface area contributed by atoms with E-state index < -0.39 is 17.2 Å².